The second-order valence-corrected chi connectivity index (χ2v) is 3.71. The first kappa shape index (κ1) is 11.6. The van der Waals surface area contributed by atoms with Crippen LogP contribution in [0.5, 0.6) is 0 Å². The van der Waals surface area contributed by atoms with Gasteiger partial charge in [-0.3, -0.25) is 9.59 Å². The zero-order valence-electron chi connectivity index (χ0n) is 8.28. The largest absolute Gasteiger partial charge is 0.455 e. The summed E-state index contributed by atoms with van der Waals surface area (Å²) in [5.41, 5.74) is 4.88. The molecule has 0 aromatic carbocycles. The van der Waals surface area contributed by atoms with Gasteiger partial charge < -0.3 is 15.5 Å². The van der Waals surface area contributed by atoms with Gasteiger partial charge in [0.2, 0.25) is 5.91 Å². The lowest BCUT2D eigenvalue weighted by molar-refractivity contribution is -0.117. The third-order valence-corrected chi connectivity index (χ3v) is 2.17. The van der Waals surface area contributed by atoms with Crippen molar-refractivity contribution in [3.05, 3.63) is 23.7 Å². The summed E-state index contributed by atoms with van der Waals surface area (Å²) in [5.74, 6) is 0.621. The fourth-order valence-electron chi connectivity index (χ4n) is 0.974. The van der Waals surface area contributed by atoms with E-state index in [2.05, 4.69) is 5.32 Å². The molecule has 0 atom stereocenters. The molecule has 3 N–H and O–H groups in total. The van der Waals surface area contributed by atoms with Gasteiger partial charge in [0.15, 0.2) is 5.76 Å². The average molecular weight is 228 g/mol. The van der Waals surface area contributed by atoms with Gasteiger partial charge in [0.05, 0.1) is 12.3 Å². The SMILES string of the molecule is CSCc1ccc(C(=O)NCC(N)=O)o1. The highest BCUT2D eigenvalue weighted by Crippen LogP contribution is 2.13. The maximum atomic E-state index is 11.3. The Morgan fingerprint density at radius 3 is 2.87 bits per heavy atom. The van der Waals surface area contributed by atoms with E-state index < -0.39 is 11.8 Å². The van der Waals surface area contributed by atoms with Crippen molar-refractivity contribution < 1.29 is 14.0 Å². The number of thioether (sulfide) groups is 1. The first-order chi connectivity index (χ1) is 7.13. The zero-order chi connectivity index (χ0) is 11.3. The van der Waals surface area contributed by atoms with Crippen LogP contribution in [0.15, 0.2) is 16.5 Å². The van der Waals surface area contributed by atoms with Gasteiger partial charge in [0.25, 0.3) is 5.91 Å². The summed E-state index contributed by atoms with van der Waals surface area (Å²) in [6.45, 7) is -0.183. The van der Waals surface area contributed by atoms with Crippen molar-refractivity contribution in [3.8, 4) is 0 Å². The molecule has 0 unspecified atom stereocenters. The molecule has 0 aliphatic rings. The van der Waals surface area contributed by atoms with E-state index in [1.54, 1.807) is 23.9 Å². The molecule has 0 spiro atoms. The highest BCUT2D eigenvalue weighted by molar-refractivity contribution is 7.97. The Balaban J connectivity index is 2.54. The molecule has 0 aliphatic heterocycles. The molecule has 0 fully saturated rings. The van der Waals surface area contributed by atoms with Crippen LogP contribution in [-0.2, 0) is 10.5 Å². The highest BCUT2D eigenvalue weighted by atomic mass is 32.2. The van der Waals surface area contributed by atoms with Crippen LogP contribution in [0.2, 0.25) is 0 Å². The predicted octanol–water partition coefficient (Wildman–Crippen LogP) is 0.358. The van der Waals surface area contributed by atoms with Crippen molar-refractivity contribution >= 4 is 23.6 Å². The first-order valence-electron chi connectivity index (χ1n) is 4.27. The number of rotatable bonds is 5. The molecule has 5 nitrogen and oxygen atoms in total. The molecule has 1 heterocycles. The molecule has 1 aromatic heterocycles. The van der Waals surface area contributed by atoms with Crippen molar-refractivity contribution in [2.45, 2.75) is 5.75 Å². The van der Waals surface area contributed by atoms with Crippen LogP contribution in [0.4, 0.5) is 0 Å². The van der Waals surface area contributed by atoms with Crippen molar-refractivity contribution in [2.75, 3.05) is 12.8 Å². The molecular weight excluding hydrogens is 216 g/mol. The molecule has 0 saturated heterocycles. The Bertz CT molecular complexity index is 362. The van der Waals surface area contributed by atoms with Gasteiger partial charge in [-0.25, -0.2) is 0 Å². The molecule has 6 heteroatoms. The van der Waals surface area contributed by atoms with Crippen LogP contribution < -0.4 is 11.1 Å². The topological polar surface area (TPSA) is 85.3 Å². The van der Waals surface area contributed by atoms with Gasteiger partial charge in [-0.2, -0.15) is 11.8 Å². The Morgan fingerprint density at radius 2 is 2.27 bits per heavy atom. The second-order valence-electron chi connectivity index (χ2n) is 2.85. The van der Waals surface area contributed by atoms with Crippen molar-refractivity contribution in [1.82, 2.24) is 5.32 Å². The number of nitrogens with two attached hydrogens (primary N) is 1. The number of amides is 2. The van der Waals surface area contributed by atoms with Crippen LogP contribution in [-0.4, -0.2) is 24.6 Å². The van der Waals surface area contributed by atoms with E-state index in [9.17, 15) is 9.59 Å². The average Bonchev–Trinajstić information content (AvgIpc) is 2.63. The molecule has 0 aliphatic carbocycles. The molecule has 1 rings (SSSR count). The summed E-state index contributed by atoms with van der Waals surface area (Å²) >= 11 is 1.60. The summed E-state index contributed by atoms with van der Waals surface area (Å²) in [6.07, 6.45) is 1.94. The van der Waals surface area contributed by atoms with Crippen LogP contribution in [0, 0.1) is 0 Å². The van der Waals surface area contributed by atoms with E-state index in [1.807, 2.05) is 6.26 Å². The van der Waals surface area contributed by atoms with Gasteiger partial charge in [-0.15, -0.1) is 0 Å². The smallest absolute Gasteiger partial charge is 0.287 e. The maximum Gasteiger partial charge on any atom is 0.287 e. The number of carbonyl (C=O) groups is 2. The van der Waals surface area contributed by atoms with Gasteiger partial charge in [-0.1, -0.05) is 0 Å². The van der Waals surface area contributed by atoms with E-state index in [0.29, 0.717) is 5.75 Å². The molecular formula is C9H12N2O3S. The Labute approximate surface area is 91.4 Å². The molecule has 15 heavy (non-hydrogen) atoms. The minimum absolute atomic E-state index is 0.183. The first-order valence-corrected chi connectivity index (χ1v) is 5.67. The third-order valence-electron chi connectivity index (χ3n) is 1.60. The fraction of sp³-hybridized carbons (Fsp3) is 0.333. The van der Waals surface area contributed by atoms with Crippen LogP contribution in [0.3, 0.4) is 0 Å². The Hall–Kier alpha value is -1.43. The maximum absolute atomic E-state index is 11.3. The lowest BCUT2D eigenvalue weighted by Gasteiger charge is -1.98. The van der Waals surface area contributed by atoms with Gasteiger partial charge in [0, 0.05) is 0 Å². The van der Waals surface area contributed by atoms with Crippen LogP contribution >= 0.6 is 11.8 Å². The standard InChI is InChI=1S/C9H12N2O3S/c1-15-5-6-2-3-7(14-6)9(13)11-4-8(10)12/h2-3H,4-5H2,1H3,(H2,10,12)(H,11,13). The van der Waals surface area contributed by atoms with Gasteiger partial charge in [-0.05, 0) is 18.4 Å². The van der Waals surface area contributed by atoms with E-state index in [0.717, 1.165) is 5.76 Å². The number of hydrogen-bond acceptors (Lipinski definition) is 4. The summed E-state index contributed by atoms with van der Waals surface area (Å²) in [6, 6.07) is 3.30. The highest BCUT2D eigenvalue weighted by Gasteiger charge is 2.10. The quantitative estimate of drug-likeness (QED) is 0.761. The number of nitrogens with one attached hydrogen (secondary N) is 1. The zero-order valence-corrected chi connectivity index (χ0v) is 9.10. The lowest BCUT2D eigenvalue weighted by atomic mass is 10.4. The van der Waals surface area contributed by atoms with Crippen molar-refractivity contribution in [1.29, 1.82) is 0 Å². The summed E-state index contributed by atoms with van der Waals surface area (Å²) in [7, 11) is 0. The number of carbonyl (C=O) groups excluding carboxylic acids is 2. The van der Waals surface area contributed by atoms with Crippen molar-refractivity contribution in [2.24, 2.45) is 5.73 Å². The Morgan fingerprint density at radius 1 is 1.53 bits per heavy atom. The van der Waals surface area contributed by atoms with Gasteiger partial charge >= 0.3 is 0 Å². The molecule has 0 saturated carbocycles. The minimum Gasteiger partial charge on any atom is -0.455 e. The Kier molecular flexibility index (Phi) is 4.23. The molecule has 0 bridgehead atoms. The van der Waals surface area contributed by atoms with E-state index >= 15 is 0 Å². The number of hydrogen-bond donors (Lipinski definition) is 2. The molecule has 82 valence electrons. The van der Waals surface area contributed by atoms with E-state index in [4.69, 9.17) is 10.2 Å². The summed E-state index contributed by atoms with van der Waals surface area (Å²) in [4.78, 5) is 21.8. The normalized spacial score (nSPS) is 9.93. The van der Waals surface area contributed by atoms with Crippen LogP contribution in [0.1, 0.15) is 16.3 Å². The third kappa shape index (κ3) is 3.67. The fourth-order valence-corrected chi connectivity index (χ4v) is 1.41. The molecule has 2 amide bonds. The number of furan rings is 1. The summed E-state index contributed by atoms with van der Waals surface area (Å²) in [5, 5.41) is 2.34. The lowest BCUT2D eigenvalue weighted by Crippen LogP contribution is -2.33. The second kappa shape index (κ2) is 5.45. The van der Waals surface area contributed by atoms with E-state index in [1.165, 1.54) is 0 Å². The number of primary amides is 1. The minimum atomic E-state index is -0.584. The van der Waals surface area contributed by atoms with Gasteiger partial charge in [0.1, 0.15) is 5.76 Å². The van der Waals surface area contributed by atoms with Crippen LogP contribution in [0.25, 0.3) is 0 Å². The van der Waals surface area contributed by atoms with E-state index in [-0.39, 0.29) is 12.3 Å². The predicted molar refractivity (Wildman–Crippen MR) is 57.5 cm³/mol. The molecule has 0 radical (unpaired) electrons. The monoisotopic (exact) mass is 228 g/mol. The summed E-state index contributed by atoms with van der Waals surface area (Å²) < 4.78 is 5.23. The van der Waals surface area contributed by atoms with Crippen molar-refractivity contribution in [3.63, 3.8) is 0 Å². The molecule has 1 aromatic rings.